The molecule has 0 heterocycles. The molecule has 120 valence electrons. The van der Waals surface area contributed by atoms with Gasteiger partial charge in [-0.1, -0.05) is 47.0 Å². The molecule has 3 heteroatoms. The van der Waals surface area contributed by atoms with Gasteiger partial charge in [-0.05, 0) is 38.3 Å². The summed E-state index contributed by atoms with van der Waals surface area (Å²) in [6.45, 7) is 12.8. The molecule has 0 aliphatic carbocycles. The van der Waals surface area contributed by atoms with Crippen LogP contribution in [0.3, 0.4) is 0 Å². The van der Waals surface area contributed by atoms with E-state index in [4.69, 9.17) is 0 Å². The lowest BCUT2D eigenvalue weighted by Crippen LogP contribution is -2.34. The van der Waals surface area contributed by atoms with Gasteiger partial charge in [-0.3, -0.25) is 4.79 Å². The Hall–Kier alpha value is -0.570. The van der Waals surface area contributed by atoms with Crippen LogP contribution in [0.4, 0.5) is 0 Å². The third kappa shape index (κ3) is 10.2. The summed E-state index contributed by atoms with van der Waals surface area (Å²) in [7, 11) is 0. The minimum absolute atomic E-state index is 0.220. The minimum Gasteiger partial charge on any atom is -0.356 e. The van der Waals surface area contributed by atoms with Gasteiger partial charge in [-0.25, -0.2) is 0 Å². The third-order valence-electron chi connectivity index (χ3n) is 3.87. The lowest BCUT2D eigenvalue weighted by molar-refractivity contribution is -0.121. The molecule has 0 aromatic rings. The fourth-order valence-electron chi connectivity index (χ4n) is 2.52. The van der Waals surface area contributed by atoms with Gasteiger partial charge in [-0.2, -0.15) is 0 Å². The van der Waals surface area contributed by atoms with Crippen LogP contribution in [0.5, 0.6) is 0 Å². The Labute approximate surface area is 126 Å². The van der Waals surface area contributed by atoms with E-state index in [1.54, 1.807) is 0 Å². The first-order valence-electron chi connectivity index (χ1n) is 8.66. The molecule has 0 aliphatic rings. The van der Waals surface area contributed by atoms with Crippen LogP contribution in [0.1, 0.15) is 72.6 Å². The summed E-state index contributed by atoms with van der Waals surface area (Å²) in [6, 6.07) is 0. The molecule has 1 amide bonds. The van der Waals surface area contributed by atoms with Gasteiger partial charge in [0.25, 0.3) is 0 Å². The van der Waals surface area contributed by atoms with Crippen LogP contribution in [0.15, 0.2) is 0 Å². The second-order valence-electron chi connectivity index (χ2n) is 5.81. The first-order chi connectivity index (χ1) is 9.67. The van der Waals surface area contributed by atoms with Gasteiger partial charge in [0.05, 0.1) is 0 Å². The van der Waals surface area contributed by atoms with Crippen molar-refractivity contribution >= 4 is 5.91 Å². The molecule has 1 N–H and O–H groups in total. The van der Waals surface area contributed by atoms with Crippen molar-refractivity contribution in [1.82, 2.24) is 10.2 Å². The highest BCUT2D eigenvalue weighted by molar-refractivity contribution is 5.76. The van der Waals surface area contributed by atoms with Crippen LogP contribution in [0.2, 0.25) is 0 Å². The highest BCUT2D eigenvalue weighted by Gasteiger charge is 2.10. The lowest BCUT2D eigenvalue weighted by Gasteiger charge is -2.21. The summed E-state index contributed by atoms with van der Waals surface area (Å²) in [5.74, 6) is 0.874. The number of hydrogen-bond donors (Lipinski definition) is 1. The smallest absolute Gasteiger partial charge is 0.221 e. The van der Waals surface area contributed by atoms with E-state index < -0.39 is 0 Å². The fourth-order valence-corrected chi connectivity index (χ4v) is 2.52. The second-order valence-corrected chi connectivity index (χ2v) is 5.81. The van der Waals surface area contributed by atoms with Gasteiger partial charge >= 0.3 is 0 Å². The van der Waals surface area contributed by atoms with E-state index in [2.05, 4.69) is 37.9 Å². The van der Waals surface area contributed by atoms with E-state index >= 15 is 0 Å². The van der Waals surface area contributed by atoms with E-state index in [-0.39, 0.29) is 5.91 Å². The number of amides is 1. The largest absolute Gasteiger partial charge is 0.356 e. The molecular weight excluding hydrogens is 248 g/mol. The van der Waals surface area contributed by atoms with E-state index in [9.17, 15) is 4.79 Å². The van der Waals surface area contributed by atoms with E-state index in [1.807, 2.05) is 0 Å². The number of unbranched alkanes of at least 4 members (excludes halogenated alkanes) is 1. The van der Waals surface area contributed by atoms with Gasteiger partial charge in [0.1, 0.15) is 0 Å². The first-order valence-corrected chi connectivity index (χ1v) is 8.66. The number of carbonyl (C=O) groups excluding carboxylic acids is 1. The number of nitrogens with zero attached hydrogens (tertiary/aromatic N) is 1. The summed E-state index contributed by atoms with van der Waals surface area (Å²) in [5.41, 5.74) is 0. The second kappa shape index (κ2) is 13.4. The number of carbonyl (C=O) groups is 1. The molecule has 0 aliphatic heterocycles. The van der Waals surface area contributed by atoms with E-state index in [1.165, 1.54) is 19.3 Å². The SMILES string of the molecule is CCCCC(CC)CNC(=O)CCN(CCC)CCC. The Morgan fingerprint density at radius 1 is 1.00 bits per heavy atom. The van der Waals surface area contributed by atoms with Crippen molar-refractivity contribution < 1.29 is 4.79 Å². The van der Waals surface area contributed by atoms with Crippen molar-refractivity contribution in [3.05, 3.63) is 0 Å². The van der Waals surface area contributed by atoms with Crippen LogP contribution in [-0.4, -0.2) is 37.0 Å². The predicted molar refractivity (Wildman–Crippen MR) is 88.0 cm³/mol. The molecule has 1 unspecified atom stereocenters. The molecule has 0 saturated heterocycles. The lowest BCUT2D eigenvalue weighted by atomic mass is 9.99. The standard InChI is InChI=1S/C17H36N2O/c1-5-9-10-16(8-4)15-18-17(20)11-14-19(12-6-2)13-7-3/h16H,5-15H2,1-4H3,(H,18,20). The Balaban J connectivity index is 3.84. The average Bonchev–Trinajstić information content (AvgIpc) is 2.45. The highest BCUT2D eigenvalue weighted by atomic mass is 16.1. The van der Waals surface area contributed by atoms with Gasteiger partial charge in [-0.15, -0.1) is 0 Å². The summed E-state index contributed by atoms with van der Waals surface area (Å²) in [5, 5.41) is 3.12. The first kappa shape index (κ1) is 19.4. The zero-order valence-electron chi connectivity index (χ0n) is 14.2. The summed E-state index contributed by atoms with van der Waals surface area (Å²) in [4.78, 5) is 14.3. The van der Waals surface area contributed by atoms with Crippen molar-refractivity contribution in [2.24, 2.45) is 5.92 Å². The van der Waals surface area contributed by atoms with E-state index in [0.717, 1.165) is 45.4 Å². The van der Waals surface area contributed by atoms with Crippen LogP contribution in [0, 0.1) is 5.92 Å². The molecule has 0 aromatic carbocycles. The maximum absolute atomic E-state index is 11.9. The average molecular weight is 284 g/mol. The van der Waals surface area contributed by atoms with Crippen LogP contribution in [0.25, 0.3) is 0 Å². The van der Waals surface area contributed by atoms with Crippen LogP contribution in [-0.2, 0) is 4.79 Å². The van der Waals surface area contributed by atoms with Crippen LogP contribution >= 0.6 is 0 Å². The van der Waals surface area contributed by atoms with E-state index in [0.29, 0.717) is 12.3 Å². The number of rotatable bonds is 13. The molecule has 1 atom stereocenters. The zero-order chi connectivity index (χ0) is 15.2. The zero-order valence-corrected chi connectivity index (χ0v) is 14.2. The van der Waals surface area contributed by atoms with Crippen molar-refractivity contribution in [3.63, 3.8) is 0 Å². The Kier molecular flexibility index (Phi) is 13.0. The maximum Gasteiger partial charge on any atom is 0.221 e. The molecule has 0 aromatic heterocycles. The van der Waals surface area contributed by atoms with Crippen LogP contribution < -0.4 is 5.32 Å². The van der Waals surface area contributed by atoms with Crippen molar-refractivity contribution in [3.8, 4) is 0 Å². The molecule has 20 heavy (non-hydrogen) atoms. The molecule has 0 radical (unpaired) electrons. The van der Waals surface area contributed by atoms with Gasteiger partial charge in [0, 0.05) is 19.5 Å². The van der Waals surface area contributed by atoms with Crippen molar-refractivity contribution in [1.29, 1.82) is 0 Å². The molecule has 0 rings (SSSR count). The molecule has 0 spiro atoms. The molecule has 0 bridgehead atoms. The summed E-state index contributed by atoms with van der Waals surface area (Å²) >= 11 is 0. The van der Waals surface area contributed by atoms with Crippen molar-refractivity contribution in [2.45, 2.75) is 72.6 Å². The topological polar surface area (TPSA) is 32.3 Å². The normalized spacial score (nSPS) is 12.7. The molecular formula is C17H36N2O. The summed E-state index contributed by atoms with van der Waals surface area (Å²) < 4.78 is 0. The Morgan fingerprint density at radius 3 is 2.15 bits per heavy atom. The fraction of sp³-hybridized carbons (Fsp3) is 0.941. The van der Waals surface area contributed by atoms with Gasteiger partial charge in [0.2, 0.25) is 5.91 Å². The molecule has 0 fully saturated rings. The quantitative estimate of drug-likeness (QED) is 0.557. The molecule has 0 saturated carbocycles. The predicted octanol–water partition coefficient (Wildman–Crippen LogP) is 3.83. The summed E-state index contributed by atoms with van der Waals surface area (Å²) in [6.07, 6.45) is 7.89. The number of hydrogen-bond acceptors (Lipinski definition) is 2. The van der Waals surface area contributed by atoms with Gasteiger partial charge < -0.3 is 10.2 Å². The van der Waals surface area contributed by atoms with Crippen molar-refractivity contribution in [2.75, 3.05) is 26.2 Å². The minimum atomic E-state index is 0.220. The maximum atomic E-state index is 11.9. The molecule has 3 nitrogen and oxygen atoms in total. The monoisotopic (exact) mass is 284 g/mol. The third-order valence-corrected chi connectivity index (χ3v) is 3.87. The highest BCUT2D eigenvalue weighted by Crippen LogP contribution is 2.11. The number of nitrogens with one attached hydrogen (secondary N) is 1. The Morgan fingerprint density at radius 2 is 1.65 bits per heavy atom. The Bertz CT molecular complexity index is 225. The van der Waals surface area contributed by atoms with Gasteiger partial charge in [0.15, 0.2) is 0 Å².